The number of terminal acetylenes is 1. The number of aryl methyl sites for hydroxylation is 1. The first-order chi connectivity index (χ1) is 11.9. The van der Waals surface area contributed by atoms with Crippen LogP contribution in [0.5, 0.6) is 0 Å². The van der Waals surface area contributed by atoms with Crippen LogP contribution in [0.2, 0.25) is 0 Å². The standard InChI is InChI=1S/C20H22O4S/c1-4-19(14-18-8-6-5-7-9-18)23-15-17(3)24-25(21,22)20-12-10-16(2)11-13-20/h1,5-13,17,19H,14-15H2,2-3H3/t17-,19?/m0/s1. The van der Waals surface area contributed by atoms with E-state index in [1.54, 1.807) is 19.1 Å². The van der Waals surface area contributed by atoms with Crippen LogP contribution in [0.15, 0.2) is 59.5 Å². The van der Waals surface area contributed by atoms with Gasteiger partial charge in [0.05, 0.1) is 17.6 Å². The molecular formula is C20H22O4S. The summed E-state index contributed by atoms with van der Waals surface area (Å²) in [7, 11) is -3.82. The summed E-state index contributed by atoms with van der Waals surface area (Å²) in [5, 5.41) is 0. The first-order valence-electron chi connectivity index (χ1n) is 8.02. The Kier molecular flexibility index (Phi) is 6.77. The van der Waals surface area contributed by atoms with E-state index >= 15 is 0 Å². The van der Waals surface area contributed by atoms with Gasteiger partial charge in [0, 0.05) is 6.42 Å². The van der Waals surface area contributed by atoms with Gasteiger partial charge in [0.1, 0.15) is 6.10 Å². The van der Waals surface area contributed by atoms with Crippen molar-refractivity contribution in [1.82, 2.24) is 0 Å². The number of hydrogen-bond acceptors (Lipinski definition) is 4. The Labute approximate surface area is 149 Å². The zero-order chi connectivity index (χ0) is 18.3. The SMILES string of the molecule is C#CC(Cc1ccccc1)OC[C@H](C)OS(=O)(=O)c1ccc(C)cc1. The summed E-state index contributed by atoms with van der Waals surface area (Å²) in [6.07, 6.45) is 4.99. The highest BCUT2D eigenvalue weighted by molar-refractivity contribution is 7.86. The van der Waals surface area contributed by atoms with Crippen molar-refractivity contribution in [3.8, 4) is 12.3 Å². The highest BCUT2D eigenvalue weighted by Gasteiger charge is 2.20. The third-order valence-electron chi connectivity index (χ3n) is 3.58. The molecule has 0 spiro atoms. The van der Waals surface area contributed by atoms with E-state index in [2.05, 4.69) is 5.92 Å². The van der Waals surface area contributed by atoms with Gasteiger partial charge in [-0.3, -0.25) is 4.18 Å². The van der Waals surface area contributed by atoms with E-state index in [9.17, 15) is 8.42 Å². The van der Waals surface area contributed by atoms with E-state index in [0.717, 1.165) is 11.1 Å². The first-order valence-corrected chi connectivity index (χ1v) is 9.43. The smallest absolute Gasteiger partial charge is 0.297 e. The van der Waals surface area contributed by atoms with Crippen molar-refractivity contribution >= 4 is 10.1 Å². The Morgan fingerprint density at radius 2 is 1.72 bits per heavy atom. The summed E-state index contributed by atoms with van der Waals surface area (Å²) in [5.74, 6) is 2.58. The van der Waals surface area contributed by atoms with Crippen LogP contribution < -0.4 is 0 Å². The zero-order valence-electron chi connectivity index (χ0n) is 14.4. The molecule has 4 nitrogen and oxygen atoms in total. The van der Waals surface area contributed by atoms with Gasteiger partial charge in [-0.15, -0.1) is 6.42 Å². The molecule has 0 aliphatic rings. The predicted molar refractivity (Wildman–Crippen MR) is 97.6 cm³/mol. The molecule has 0 radical (unpaired) electrons. The van der Waals surface area contributed by atoms with Crippen LogP contribution in [0.4, 0.5) is 0 Å². The predicted octanol–water partition coefficient (Wildman–Crippen LogP) is 3.35. The maximum Gasteiger partial charge on any atom is 0.297 e. The number of benzene rings is 2. The average Bonchev–Trinajstić information content (AvgIpc) is 2.59. The van der Waals surface area contributed by atoms with Gasteiger partial charge >= 0.3 is 0 Å². The Bertz CT molecular complexity index is 805. The molecule has 0 bridgehead atoms. The molecule has 0 fully saturated rings. The molecule has 2 aromatic carbocycles. The van der Waals surface area contributed by atoms with E-state index < -0.39 is 22.3 Å². The van der Waals surface area contributed by atoms with Crippen molar-refractivity contribution in [2.75, 3.05) is 6.61 Å². The van der Waals surface area contributed by atoms with Gasteiger partial charge in [0.2, 0.25) is 0 Å². The summed E-state index contributed by atoms with van der Waals surface area (Å²) in [6.45, 7) is 3.62. The van der Waals surface area contributed by atoms with Crippen molar-refractivity contribution in [2.45, 2.75) is 37.4 Å². The second kappa shape index (κ2) is 8.82. The maximum absolute atomic E-state index is 12.2. The number of ether oxygens (including phenoxy) is 1. The van der Waals surface area contributed by atoms with Crippen molar-refractivity contribution in [3.63, 3.8) is 0 Å². The van der Waals surface area contributed by atoms with Gasteiger partial charge in [0.15, 0.2) is 0 Å². The van der Waals surface area contributed by atoms with Gasteiger partial charge in [-0.05, 0) is 31.5 Å². The monoisotopic (exact) mass is 358 g/mol. The van der Waals surface area contributed by atoms with Crippen LogP contribution in [0.25, 0.3) is 0 Å². The molecule has 0 aliphatic carbocycles. The van der Waals surface area contributed by atoms with E-state index in [4.69, 9.17) is 15.3 Å². The van der Waals surface area contributed by atoms with Gasteiger partial charge in [-0.1, -0.05) is 53.9 Å². The first kappa shape index (κ1) is 19.2. The van der Waals surface area contributed by atoms with Crippen LogP contribution in [0.1, 0.15) is 18.1 Å². The van der Waals surface area contributed by atoms with Gasteiger partial charge in [-0.2, -0.15) is 8.42 Å². The lowest BCUT2D eigenvalue weighted by Gasteiger charge is -2.17. The highest BCUT2D eigenvalue weighted by atomic mass is 32.2. The summed E-state index contributed by atoms with van der Waals surface area (Å²) in [6, 6.07) is 16.2. The maximum atomic E-state index is 12.2. The molecule has 0 N–H and O–H groups in total. The molecule has 0 saturated carbocycles. The summed E-state index contributed by atoms with van der Waals surface area (Å²) < 4.78 is 35.3. The number of rotatable bonds is 8. The fourth-order valence-electron chi connectivity index (χ4n) is 2.25. The van der Waals surface area contributed by atoms with Crippen LogP contribution in [-0.2, 0) is 25.5 Å². The van der Waals surface area contributed by atoms with Gasteiger partial charge in [-0.25, -0.2) is 0 Å². The Hall–Kier alpha value is -2.13. The fraction of sp³-hybridized carbons (Fsp3) is 0.300. The van der Waals surface area contributed by atoms with Crippen molar-refractivity contribution in [2.24, 2.45) is 0 Å². The van der Waals surface area contributed by atoms with E-state index in [0.29, 0.717) is 6.42 Å². The molecule has 2 aromatic rings. The summed E-state index contributed by atoms with van der Waals surface area (Å²) in [4.78, 5) is 0.128. The minimum Gasteiger partial charge on any atom is -0.362 e. The molecule has 1 unspecified atom stereocenters. The molecule has 132 valence electrons. The topological polar surface area (TPSA) is 52.6 Å². The fourth-order valence-corrected chi connectivity index (χ4v) is 3.32. The molecule has 5 heteroatoms. The lowest BCUT2D eigenvalue weighted by molar-refractivity contribution is 0.0342. The number of hydrogen-bond donors (Lipinski definition) is 0. The van der Waals surface area contributed by atoms with Crippen LogP contribution >= 0.6 is 0 Å². The Morgan fingerprint density at radius 1 is 1.08 bits per heavy atom. The Morgan fingerprint density at radius 3 is 2.32 bits per heavy atom. The average molecular weight is 358 g/mol. The molecule has 25 heavy (non-hydrogen) atoms. The third-order valence-corrected chi connectivity index (χ3v) is 5.01. The Balaban J connectivity index is 1.89. The largest absolute Gasteiger partial charge is 0.362 e. The lowest BCUT2D eigenvalue weighted by atomic mass is 10.1. The zero-order valence-corrected chi connectivity index (χ0v) is 15.2. The lowest BCUT2D eigenvalue weighted by Crippen LogP contribution is -2.25. The molecule has 0 heterocycles. The summed E-state index contributed by atoms with van der Waals surface area (Å²) in [5.41, 5.74) is 2.04. The molecule has 0 aliphatic heterocycles. The second-order valence-electron chi connectivity index (χ2n) is 5.85. The van der Waals surface area contributed by atoms with Crippen LogP contribution in [0, 0.1) is 19.3 Å². The molecule has 0 aromatic heterocycles. The second-order valence-corrected chi connectivity index (χ2v) is 7.42. The van der Waals surface area contributed by atoms with Gasteiger partial charge < -0.3 is 4.74 Å². The van der Waals surface area contributed by atoms with E-state index in [1.165, 1.54) is 12.1 Å². The van der Waals surface area contributed by atoms with Crippen molar-refractivity contribution < 1.29 is 17.3 Å². The van der Waals surface area contributed by atoms with Crippen LogP contribution in [0.3, 0.4) is 0 Å². The minimum absolute atomic E-state index is 0.0901. The van der Waals surface area contributed by atoms with E-state index in [-0.39, 0.29) is 11.5 Å². The molecular weight excluding hydrogens is 336 g/mol. The third kappa shape index (κ3) is 6.02. The molecule has 0 saturated heterocycles. The quantitative estimate of drug-likeness (QED) is 0.536. The van der Waals surface area contributed by atoms with Crippen molar-refractivity contribution in [1.29, 1.82) is 0 Å². The molecule has 0 amide bonds. The molecule has 2 rings (SSSR count). The van der Waals surface area contributed by atoms with Crippen molar-refractivity contribution in [3.05, 3.63) is 65.7 Å². The highest BCUT2D eigenvalue weighted by Crippen LogP contribution is 2.15. The summed E-state index contributed by atoms with van der Waals surface area (Å²) >= 11 is 0. The van der Waals surface area contributed by atoms with Crippen LogP contribution in [-0.4, -0.2) is 27.2 Å². The minimum atomic E-state index is -3.82. The normalized spacial score (nSPS) is 13.8. The van der Waals surface area contributed by atoms with Gasteiger partial charge in [0.25, 0.3) is 10.1 Å². The van der Waals surface area contributed by atoms with E-state index in [1.807, 2.05) is 37.3 Å². The molecule has 2 atom stereocenters.